The summed E-state index contributed by atoms with van der Waals surface area (Å²) in [5, 5.41) is 23.1. The second-order valence-electron chi connectivity index (χ2n) is 9.98. The fourth-order valence-corrected chi connectivity index (χ4v) is 7.26. The molecule has 4 fully saturated rings. The largest absolute Gasteiger partial charge is 0.408 e. The normalized spacial score (nSPS) is 31.2. The Kier molecular flexibility index (Phi) is 4.66. The van der Waals surface area contributed by atoms with Crippen LogP contribution in [0.3, 0.4) is 0 Å². The van der Waals surface area contributed by atoms with Crippen LogP contribution in [0.25, 0.3) is 0 Å². The Morgan fingerprint density at radius 1 is 1.35 bits per heavy atom. The summed E-state index contributed by atoms with van der Waals surface area (Å²) in [5.41, 5.74) is 1.25. The van der Waals surface area contributed by atoms with Gasteiger partial charge < -0.3 is 15.4 Å². The van der Waals surface area contributed by atoms with Crippen LogP contribution in [0.15, 0.2) is 12.3 Å². The lowest BCUT2D eigenvalue weighted by Crippen LogP contribution is -2.58. The van der Waals surface area contributed by atoms with Crippen LogP contribution in [0, 0.1) is 34.3 Å². The fourth-order valence-electron chi connectivity index (χ4n) is 7.07. The van der Waals surface area contributed by atoms with Crippen LogP contribution in [0.5, 0.6) is 0 Å². The zero-order valence-electron chi connectivity index (χ0n) is 17.8. The minimum atomic E-state index is -0.506. The molecule has 31 heavy (non-hydrogen) atoms. The average molecular weight is 447 g/mol. The Morgan fingerprint density at radius 3 is 2.65 bits per heavy atom. The van der Waals surface area contributed by atoms with Crippen molar-refractivity contribution in [3.63, 3.8) is 0 Å². The van der Waals surface area contributed by atoms with E-state index >= 15 is 0 Å². The summed E-state index contributed by atoms with van der Waals surface area (Å²) >= 11 is 6.27. The van der Waals surface area contributed by atoms with Gasteiger partial charge in [0.2, 0.25) is 5.91 Å². The summed E-state index contributed by atoms with van der Waals surface area (Å²) in [6, 6.07) is 1.90. The van der Waals surface area contributed by atoms with Crippen molar-refractivity contribution in [3.8, 4) is 0 Å². The van der Waals surface area contributed by atoms with Gasteiger partial charge in [-0.2, -0.15) is 9.78 Å². The molecule has 4 aliphatic carbocycles. The van der Waals surface area contributed by atoms with Crippen LogP contribution >= 0.6 is 11.6 Å². The number of carbonyl (C=O) groups excluding carboxylic acids is 1. The Labute approximate surface area is 185 Å². The molecule has 10 heteroatoms. The minimum absolute atomic E-state index is 0.0551. The predicted octanol–water partition coefficient (Wildman–Crippen LogP) is 3.49. The molecule has 0 radical (unpaired) electrons. The highest BCUT2D eigenvalue weighted by Crippen LogP contribution is 2.65. The maximum Gasteiger partial charge on any atom is 0.408 e. The number of aryl methyl sites for hydroxylation is 1. The van der Waals surface area contributed by atoms with Gasteiger partial charge in [-0.3, -0.25) is 9.48 Å². The van der Waals surface area contributed by atoms with Crippen LogP contribution in [-0.2, 0) is 23.9 Å². The van der Waals surface area contributed by atoms with Gasteiger partial charge in [-0.15, -0.1) is 0 Å². The summed E-state index contributed by atoms with van der Waals surface area (Å²) in [5.74, 6) is 0.831. The molecule has 4 saturated carbocycles. The van der Waals surface area contributed by atoms with Crippen molar-refractivity contribution in [2.24, 2.45) is 24.3 Å². The number of hydrogen-bond donors (Lipinski definition) is 1. The first-order valence-electron chi connectivity index (χ1n) is 10.8. The summed E-state index contributed by atoms with van der Waals surface area (Å²) in [6.07, 6.45) is 8.20. The maximum atomic E-state index is 12.9. The lowest BCUT2D eigenvalue weighted by molar-refractivity contribution is -0.389. The molecule has 0 aromatic carbocycles. The van der Waals surface area contributed by atoms with E-state index in [1.807, 2.05) is 24.7 Å². The number of amides is 1. The molecule has 2 atom stereocenters. The molecule has 9 nitrogen and oxygen atoms in total. The van der Waals surface area contributed by atoms with E-state index in [4.69, 9.17) is 11.6 Å². The van der Waals surface area contributed by atoms with Crippen molar-refractivity contribution in [3.05, 3.63) is 38.8 Å². The van der Waals surface area contributed by atoms with E-state index < -0.39 is 4.92 Å². The number of hydrogen-bond acceptors (Lipinski definition) is 5. The molecular weight excluding hydrogens is 420 g/mol. The monoisotopic (exact) mass is 446 g/mol. The number of aromatic nitrogens is 4. The molecule has 166 valence electrons. The zero-order valence-corrected chi connectivity index (χ0v) is 18.6. The summed E-state index contributed by atoms with van der Waals surface area (Å²) in [7, 11) is 1.86. The number of nitrogens with zero attached hydrogens (tertiary/aromatic N) is 5. The number of halogens is 1. The summed E-state index contributed by atoms with van der Waals surface area (Å²) in [6.45, 7) is 2.28. The second-order valence-corrected chi connectivity index (χ2v) is 10.4. The first kappa shape index (κ1) is 20.5. The van der Waals surface area contributed by atoms with E-state index in [1.165, 1.54) is 6.42 Å². The summed E-state index contributed by atoms with van der Waals surface area (Å²) < 4.78 is 3.60. The number of carbonyl (C=O) groups is 1. The Bertz CT molecular complexity index is 1050. The van der Waals surface area contributed by atoms with Gasteiger partial charge in [0.05, 0.1) is 28.6 Å². The maximum absolute atomic E-state index is 12.9. The average Bonchev–Trinajstić information content (AvgIpc) is 3.22. The smallest absolute Gasteiger partial charge is 0.358 e. The third kappa shape index (κ3) is 3.33. The van der Waals surface area contributed by atoms with Crippen LogP contribution in [-0.4, -0.2) is 30.4 Å². The molecule has 4 bridgehead atoms. The Balaban J connectivity index is 1.39. The SMILES string of the molecule is Cc1c(Cl)c([N+](=O)[O-])nn1C12CC3CC(CC(CC(=O)NCc4ccnn4C)(C3)C1)C2. The molecule has 2 unspecified atom stereocenters. The molecule has 6 rings (SSSR count). The topological polar surface area (TPSA) is 108 Å². The standard InChI is InChI=1S/C21H27ClN6O3/c1-13-18(22)19(28(30)31)25-27(13)21-8-14-5-15(9-21)7-20(6-14,12-21)10-17(29)23-11-16-3-4-24-26(16)2/h3-4,14-15H,5-12H2,1-2H3,(H,23,29). The van der Waals surface area contributed by atoms with Crippen molar-refractivity contribution in [1.29, 1.82) is 0 Å². The minimum Gasteiger partial charge on any atom is -0.358 e. The van der Waals surface area contributed by atoms with Crippen LogP contribution in [0.1, 0.15) is 56.3 Å². The first-order valence-corrected chi connectivity index (χ1v) is 11.2. The van der Waals surface area contributed by atoms with Crippen molar-refractivity contribution < 1.29 is 9.72 Å². The van der Waals surface area contributed by atoms with Crippen molar-refractivity contribution >= 4 is 23.3 Å². The fraction of sp³-hybridized carbons (Fsp3) is 0.667. The van der Waals surface area contributed by atoms with E-state index in [0.29, 0.717) is 30.5 Å². The van der Waals surface area contributed by atoms with Gasteiger partial charge in [0.25, 0.3) is 0 Å². The quantitative estimate of drug-likeness (QED) is 0.539. The van der Waals surface area contributed by atoms with E-state index in [1.54, 1.807) is 10.9 Å². The molecule has 0 aliphatic heterocycles. The highest BCUT2D eigenvalue weighted by Gasteiger charge is 2.60. The van der Waals surface area contributed by atoms with E-state index in [9.17, 15) is 14.9 Å². The molecule has 0 saturated heterocycles. The van der Waals surface area contributed by atoms with Gasteiger partial charge in [0.1, 0.15) is 0 Å². The van der Waals surface area contributed by atoms with Gasteiger partial charge in [0.15, 0.2) is 5.02 Å². The first-order chi connectivity index (χ1) is 14.7. The van der Waals surface area contributed by atoms with E-state index in [0.717, 1.165) is 37.8 Å². The van der Waals surface area contributed by atoms with Crippen molar-refractivity contribution in [1.82, 2.24) is 24.9 Å². The van der Waals surface area contributed by atoms with Crippen molar-refractivity contribution in [2.75, 3.05) is 0 Å². The third-order valence-corrected chi connectivity index (χ3v) is 8.17. The van der Waals surface area contributed by atoms with E-state index in [2.05, 4.69) is 15.5 Å². The van der Waals surface area contributed by atoms with Gasteiger partial charge in [0, 0.05) is 19.7 Å². The molecule has 2 heterocycles. The number of rotatable bonds is 6. The van der Waals surface area contributed by atoms with Gasteiger partial charge in [-0.25, -0.2) is 0 Å². The van der Waals surface area contributed by atoms with Gasteiger partial charge >= 0.3 is 5.82 Å². The Hall–Kier alpha value is -2.42. The second kappa shape index (κ2) is 7.05. The Morgan fingerprint density at radius 2 is 2.06 bits per heavy atom. The molecule has 2 aromatic heterocycles. The third-order valence-electron chi connectivity index (χ3n) is 7.72. The van der Waals surface area contributed by atoms with Crippen LogP contribution < -0.4 is 5.32 Å². The lowest BCUT2D eigenvalue weighted by Gasteiger charge is -2.61. The van der Waals surface area contributed by atoms with Crippen LogP contribution in [0.2, 0.25) is 5.02 Å². The van der Waals surface area contributed by atoms with Gasteiger partial charge in [-0.05, 0) is 73.7 Å². The van der Waals surface area contributed by atoms with Gasteiger partial charge in [-0.1, -0.05) is 11.6 Å². The highest BCUT2D eigenvalue weighted by atomic mass is 35.5. The molecule has 1 N–H and O–H groups in total. The lowest BCUT2D eigenvalue weighted by atomic mass is 9.46. The van der Waals surface area contributed by atoms with Crippen molar-refractivity contribution in [2.45, 2.75) is 64.0 Å². The molecule has 2 aromatic rings. The number of nitro groups is 1. The predicted molar refractivity (Wildman–Crippen MR) is 113 cm³/mol. The summed E-state index contributed by atoms with van der Waals surface area (Å²) in [4.78, 5) is 23.8. The zero-order chi connectivity index (χ0) is 22.0. The highest BCUT2D eigenvalue weighted by molar-refractivity contribution is 6.33. The molecular formula is C21H27ClN6O3. The van der Waals surface area contributed by atoms with E-state index in [-0.39, 0.29) is 27.7 Å². The number of nitrogens with one attached hydrogen (secondary N) is 1. The molecule has 4 aliphatic rings. The van der Waals surface area contributed by atoms with Crippen LogP contribution in [0.4, 0.5) is 5.82 Å². The molecule has 0 spiro atoms. The molecule has 1 amide bonds.